The third-order valence-electron chi connectivity index (χ3n) is 6.05. The van der Waals surface area contributed by atoms with Gasteiger partial charge in [-0.1, -0.05) is 0 Å². The van der Waals surface area contributed by atoms with Crippen LogP contribution < -0.4 is 0 Å². The second-order valence-corrected chi connectivity index (χ2v) is 73.0. The third kappa shape index (κ3) is 25.4. The van der Waals surface area contributed by atoms with Crippen molar-refractivity contribution in [3.63, 3.8) is 0 Å². The first kappa shape index (κ1) is 37.3. The maximum atomic E-state index is 4.00. The van der Waals surface area contributed by atoms with Crippen LogP contribution in [0.15, 0.2) is 0 Å². The first-order chi connectivity index (χ1) is 14.4. The summed E-state index contributed by atoms with van der Waals surface area (Å²) in [6, 6.07) is 0. The summed E-state index contributed by atoms with van der Waals surface area (Å²) in [6.45, 7) is 14.1. The van der Waals surface area contributed by atoms with Gasteiger partial charge in [0.25, 0.3) is 0 Å². The van der Waals surface area contributed by atoms with Gasteiger partial charge in [-0.15, -0.1) is 12.8 Å². The van der Waals surface area contributed by atoms with Crippen molar-refractivity contribution < 1.29 is 0 Å². The van der Waals surface area contributed by atoms with E-state index in [9.17, 15) is 0 Å². The SMILES string of the molecule is C#C.CCC[CH2][Sn]([Sn])([CH2]CCC)[CH2]CCC.CCC[CH2][Sn]([Sn])([CH2]CCC)[CH2]CCC. The van der Waals surface area contributed by atoms with E-state index in [0.29, 0.717) is 0 Å². The zero-order valence-electron chi connectivity index (χ0n) is 21.9. The molecule has 0 aromatic heterocycles. The molecule has 0 N–H and O–H groups in total. The molecule has 0 bridgehead atoms. The van der Waals surface area contributed by atoms with Crippen molar-refractivity contribution >= 4 is 66.0 Å². The van der Waals surface area contributed by atoms with Crippen molar-refractivity contribution in [2.45, 2.75) is 145 Å². The van der Waals surface area contributed by atoms with Crippen molar-refractivity contribution in [2.24, 2.45) is 0 Å². The van der Waals surface area contributed by atoms with Crippen molar-refractivity contribution in [1.29, 1.82) is 0 Å². The second kappa shape index (κ2) is 28.0. The summed E-state index contributed by atoms with van der Waals surface area (Å²) in [5, 5.41) is 0. The molecule has 0 aromatic carbocycles. The Balaban J connectivity index is -0.000000448. The molecule has 0 saturated heterocycles. The van der Waals surface area contributed by atoms with Gasteiger partial charge in [0.05, 0.1) is 0 Å². The van der Waals surface area contributed by atoms with E-state index in [0.717, 1.165) is 0 Å². The zero-order valence-corrected chi connectivity index (χ0v) is 33.3. The second-order valence-electron chi connectivity index (χ2n) is 9.18. The van der Waals surface area contributed by atoms with Gasteiger partial charge < -0.3 is 0 Å². The van der Waals surface area contributed by atoms with Crippen LogP contribution in [0.5, 0.6) is 0 Å². The molecule has 0 aliphatic carbocycles. The van der Waals surface area contributed by atoms with Crippen LogP contribution in [-0.2, 0) is 0 Å². The fraction of sp³-hybridized carbons (Fsp3) is 0.923. The standard InChI is InChI=1S/6C4H9.C2H2.4Sn/c6*1-3-4-2;1-2;;;;/h6*1,3-4H2,2H3;1-2H;;;;. The first-order valence-electron chi connectivity index (χ1n) is 13.2. The summed E-state index contributed by atoms with van der Waals surface area (Å²) in [5.41, 5.74) is 0. The molecule has 0 unspecified atom stereocenters. The van der Waals surface area contributed by atoms with E-state index in [4.69, 9.17) is 0 Å². The van der Waals surface area contributed by atoms with Crippen molar-refractivity contribution in [3.05, 3.63) is 0 Å². The van der Waals surface area contributed by atoms with Crippen LogP contribution in [-0.4, -0.2) is 66.0 Å². The normalized spacial score (nSPS) is 11.3. The molecule has 0 amide bonds. The summed E-state index contributed by atoms with van der Waals surface area (Å²) in [4.78, 5) is 0. The van der Waals surface area contributed by atoms with Crippen LogP contribution in [0, 0.1) is 12.8 Å². The average molecular weight is 844 g/mol. The van der Waals surface area contributed by atoms with E-state index in [1.165, 1.54) is 77.0 Å². The third-order valence-corrected chi connectivity index (χ3v) is 57.2. The summed E-state index contributed by atoms with van der Waals surface area (Å²) < 4.78 is 10.2. The van der Waals surface area contributed by atoms with Gasteiger partial charge >= 0.3 is 211 Å². The van der Waals surface area contributed by atoms with E-state index >= 15 is 0 Å². The van der Waals surface area contributed by atoms with Gasteiger partial charge in [0, 0.05) is 0 Å². The fourth-order valence-corrected chi connectivity index (χ4v) is 46.1. The van der Waals surface area contributed by atoms with Crippen LogP contribution in [0.2, 0.25) is 26.6 Å². The monoisotopic (exact) mass is 848 g/mol. The van der Waals surface area contributed by atoms with Crippen LogP contribution in [0.25, 0.3) is 0 Å². The van der Waals surface area contributed by atoms with Gasteiger partial charge in [-0.3, -0.25) is 0 Å². The Morgan fingerprint density at radius 3 is 0.633 bits per heavy atom. The molecule has 0 aliphatic rings. The predicted octanol–water partition coefficient (Wildman–Crippen LogP) is 9.25. The van der Waals surface area contributed by atoms with E-state index in [1.807, 2.05) is 37.1 Å². The van der Waals surface area contributed by atoms with Crippen LogP contribution in [0.1, 0.15) is 119 Å². The number of unbranched alkanes of at least 4 members (excludes halogenated alkanes) is 6. The zero-order chi connectivity index (χ0) is 23.7. The Morgan fingerprint density at radius 2 is 0.533 bits per heavy atom. The first-order valence-corrected chi connectivity index (χ1v) is 47.3. The molecule has 0 heterocycles. The van der Waals surface area contributed by atoms with E-state index < -0.39 is 28.9 Å². The molecule has 0 spiro atoms. The Bertz CT molecular complexity index is 268. The molecule has 0 fully saturated rings. The summed E-state index contributed by atoms with van der Waals surface area (Å²) in [5.74, 6) is 0. The average Bonchev–Trinajstić information content (AvgIpc) is 2.78. The van der Waals surface area contributed by atoms with E-state index in [1.54, 1.807) is 26.6 Å². The van der Waals surface area contributed by atoms with Gasteiger partial charge in [-0.25, -0.2) is 0 Å². The minimum atomic E-state index is -1.47. The maximum absolute atomic E-state index is 4.00. The van der Waals surface area contributed by atoms with Crippen molar-refractivity contribution in [2.75, 3.05) is 0 Å². The Kier molecular flexibility index (Phi) is 34.8. The molecular weight excluding hydrogens is 787 g/mol. The molecule has 0 atom stereocenters. The molecule has 4 heteroatoms. The van der Waals surface area contributed by atoms with Gasteiger partial charge in [-0.2, -0.15) is 0 Å². The topological polar surface area (TPSA) is 0 Å². The molecule has 0 nitrogen and oxygen atoms in total. The summed E-state index contributed by atoms with van der Waals surface area (Å²) in [6.07, 6.45) is 25.7. The van der Waals surface area contributed by atoms with Crippen molar-refractivity contribution in [3.8, 4) is 12.8 Å². The number of terminal acetylenes is 1. The number of hydrogen-bond acceptors (Lipinski definition) is 0. The summed E-state index contributed by atoms with van der Waals surface area (Å²) in [7, 11) is 0. The Labute approximate surface area is 221 Å². The van der Waals surface area contributed by atoms with Crippen molar-refractivity contribution in [1.82, 2.24) is 0 Å². The van der Waals surface area contributed by atoms with Crippen LogP contribution in [0.4, 0.5) is 0 Å². The van der Waals surface area contributed by atoms with Crippen LogP contribution in [0.3, 0.4) is 0 Å². The minimum absolute atomic E-state index is 1.42. The molecule has 0 rings (SSSR count). The molecule has 0 saturated carbocycles. The number of rotatable bonds is 18. The van der Waals surface area contributed by atoms with Crippen LogP contribution >= 0.6 is 0 Å². The molecular formula is C26H56Sn4. The quantitative estimate of drug-likeness (QED) is 0.0955. The Morgan fingerprint density at radius 1 is 0.400 bits per heavy atom. The van der Waals surface area contributed by atoms with Gasteiger partial charge in [0.15, 0.2) is 0 Å². The van der Waals surface area contributed by atoms with E-state index in [2.05, 4.69) is 54.4 Å². The molecule has 30 heavy (non-hydrogen) atoms. The molecule has 176 valence electrons. The molecule has 0 aliphatic heterocycles. The van der Waals surface area contributed by atoms with E-state index in [-0.39, 0.29) is 0 Å². The number of hydrogen-bond donors (Lipinski definition) is 0. The molecule has 0 aromatic rings. The molecule has 6 radical (unpaired) electrons. The van der Waals surface area contributed by atoms with Gasteiger partial charge in [0.2, 0.25) is 0 Å². The summed E-state index contributed by atoms with van der Waals surface area (Å²) >= 11 is 1.07. The fourth-order valence-electron chi connectivity index (χ4n) is 3.84. The Hall–Kier alpha value is 2.75. The van der Waals surface area contributed by atoms with Gasteiger partial charge in [0.1, 0.15) is 0 Å². The van der Waals surface area contributed by atoms with Gasteiger partial charge in [-0.05, 0) is 0 Å². The predicted molar refractivity (Wildman–Crippen MR) is 151 cm³/mol.